The fraction of sp³-hybridized carbons (Fsp3) is 0.923. The molecule has 0 atom stereocenters. The maximum atomic E-state index is 11.7. The Kier molecular flexibility index (Phi) is 7.43. The van der Waals surface area contributed by atoms with E-state index in [0.29, 0.717) is 12.3 Å². The molecule has 16 heavy (non-hydrogen) atoms. The van der Waals surface area contributed by atoms with Crippen LogP contribution in [0, 0.1) is 0 Å². The Hall–Kier alpha value is -0.410. The van der Waals surface area contributed by atoms with Crippen molar-refractivity contribution in [3.63, 3.8) is 0 Å². The Balaban J connectivity index is 2.07. The average Bonchev–Trinajstić information content (AvgIpc) is 2.53. The number of nitrogens with zero attached hydrogens (tertiary/aromatic N) is 1. The highest BCUT2D eigenvalue weighted by Crippen LogP contribution is 2.04. The Morgan fingerprint density at radius 2 is 2.06 bits per heavy atom. The maximum absolute atomic E-state index is 11.7. The van der Waals surface area contributed by atoms with Crippen LogP contribution in [-0.2, 0) is 4.79 Å². The van der Waals surface area contributed by atoms with Crippen LogP contribution in [0.5, 0.6) is 0 Å². The zero-order valence-electron chi connectivity index (χ0n) is 10.6. The number of Topliss-reactive ketones (excluding diaryl/α,β-unsaturated/α-hetero) is 1. The lowest BCUT2D eigenvalue weighted by molar-refractivity contribution is -0.120. The standard InChI is InChI=1S/C13H26N2O/c1-2-3-4-5-7-13(16)12-15-10-6-8-14-9-11-15/h14H,2-12H2,1H3. The fourth-order valence-corrected chi connectivity index (χ4v) is 2.14. The summed E-state index contributed by atoms with van der Waals surface area (Å²) in [6.07, 6.45) is 6.75. The van der Waals surface area contributed by atoms with Crippen LogP contribution < -0.4 is 5.32 Å². The van der Waals surface area contributed by atoms with E-state index in [9.17, 15) is 4.79 Å². The number of rotatable bonds is 7. The summed E-state index contributed by atoms with van der Waals surface area (Å²) in [7, 11) is 0. The number of carbonyl (C=O) groups excluding carboxylic acids is 1. The third-order valence-corrected chi connectivity index (χ3v) is 3.14. The average molecular weight is 226 g/mol. The maximum Gasteiger partial charge on any atom is 0.146 e. The molecule has 94 valence electrons. The van der Waals surface area contributed by atoms with Crippen molar-refractivity contribution in [1.29, 1.82) is 0 Å². The highest BCUT2D eigenvalue weighted by molar-refractivity contribution is 5.80. The number of nitrogens with one attached hydrogen (secondary N) is 1. The van der Waals surface area contributed by atoms with E-state index in [1.807, 2.05) is 0 Å². The van der Waals surface area contributed by atoms with Gasteiger partial charge in [-0.2, -0.15) is 0 Å². The number of hydrogen-bond donors (Lipinski definition) is 1. The van der Waals surface area contributed by atoms with Gasteiger partial charge in [0, 0.05) is 19.5 Å². The van der Waals surface area contributed by atoms with E-state index < -0.39 is 0 Å². The van der Waals surface area contributed by atoms with E-state index in [1.165, 1.54) is 25.7 Å². The molecule has 1 aliphatic heterocycles. The number of ketones is 1. The Morgan fingerprint density at radius 3 is 2.88 bits per heavy atom. The minimum Gasteiger partial charge on any atom is -0.315 e. The Morgan fingerprint density at radius 1 is 1.19 bits per heavy atom. The summed E-state index contributed by atoms with van der Waals surface area (Å²) < 4.78 is 0. The van der Waals surface area contributed by atoms with E-state index in [2.05, 4.69) is 17.1 Å². The van der Waals surface area contributed by atoms with Gasteiger partial charge in [0.25, 0.3) is 0 Å². The second kappa shape index (κ2) is 8.71. The molecule has 3 heteroatoms. The highest BCUT2D eigenvalue weighted by atomic mass is 16.1. The molecule has 1 rings (SSSR count). The first kappa shape index (κ1) is 13.7. The zero-order chi connectivity index (χ0) is 11.6. The van der Waals surface area contributed by atoms with E-state index >= 15 is 0 Å². The van der Waals surface area contributed by atoms with Crippen LogP contribution in [0.25, 0.3) is 0 Å². The first-order valence-corrected chi connectivity index (χ1v) is 6.77. The summed E-state index contributed by atoms with van der Waals surface area (Å²) >= 11 is 0. The summed E-state index contributed by atoms with van der Waals surface area (Å²) in [4.78, 5) is 14.0. The molecule has 0 spiro atoms. The van der Waals surface area contributed by atoms with Crippen molar-refractivity contribution in [2.24, 2.45) is 0 Å². The molecule has 0 amide bonds. The number of hydrogen-bond acceptors (Lipinski definition) is 3. The van der Waals surface area contributed by atoms with Gasteiger partial charge in [-0.25, -0.2) is 0 Å². The SMILES string of the molecule is CCCCCCC(=O)CN1CCCNCC1. The number of unbranched alkanes of at least 4 members (excludes halogenated alkanes) is 3. The summed E-state index contributed by atoms with van der Waals surface area (Å²) in [5.41, 5.74) is 0. The first-order chi connectivity index (χ1) is 7.83. The van der Waals surface area contributed by atoms with Gasteiger partial charge >= 0.3 is 0 Å². The van der Waals surface area contributed by atoms with Gasteiger partial charge in [0.2, 0.25) is 0 Å². The molecule has 1 heterocycles. The first-order valence-electron chi connectivity index (χ1n) is 6.77. The van der Waals surface area contributed by atoms with Gasteiger partial charge in [-0.05, 0) is 25.9 Å². The molecule has 0 aromatic carbocycles. The molecule has 0 saturated carbocycles. The van der Waals surface area contributed by atoms with Crippen molar-refractivity contribution in [3.05, 3.63) is 0 Å². The van der Waals surface area contributed by atoms with E-state index in [1.54, 1.807) is 0 Å². The van der Waals surface area contributed by atoms with Crippen LogP contribution in [-0.4, -0.2) is 43.4 Å². The summed E-state index contributed by atoms with van der Waals surface area (Å²) in [5.74, 6) is 0.429. The van der Waals surface area contributed by atoms with Crippen molar-refractivity contribution in [2.75, 3.05) is 32.7 Å². The van der Waals surface area contributed by atoms with E-state index in [0.717, 1.165) is 39.0 Å². The minimum atomic E-state index is 0.429. The van der Waals surface area contributed by atoms with Gasteiger partial charge in [0.1, 0.15) is 5.78 Å². The van der Waals surface area contributed by atoms with Crippen molar-refractivity contribution in [2.45, 2.75) is 45.4 Å². The largest absolute Gasteiger partial charge is 0.315 e. The molecule has 0 unspecified atom stereocenters. The fourth-order valence-electron chi connectivity index (χ4n) is 2.14. The molecule has 1 N–H and O–H groups in total. The Labute approximate surface area is 99.6 Å². The van der Waals surface area contributed by atoms with Crippen LogP contribution in [0.2, 0.25) is 0 Å². The van der Waals surface area contributed by atoms with Crippen molar-refractivity contribution in [3.8, 4) is 0 Å². The molecule has 0 aromatic rings. The zero-order valence-corrected chi connectivity index (χ0v) is 10.6. The van der Waals surface area contributed by atoms with Crippen LogP contribution in [0.1, 0.15) is 45.4 Å². The van der Waals surface area contributed by atoms with Crippen LogP contribution in [0.3, 0.4) is 0 Å². The van der Waals surface area contributed by atoms with Crippen LogP contribution >= 0.6 is 0 Å². The molecule has 0 radical (unpaired) electrons. The molecular weight excluding hydrogens is 200 g/mol. The van der Waals surface area contributed by atoms with Gasteiger partial charge in [-0.15, -0.1) is 0 Å². The quantitative estimate of drug-likeness (QED) is 0.672. The topological polar surface area (TPSA) is 32.3 Å². The van der Waals surface area contributed by atoms with E-state index in [-0.39, 0.29) is 0 Å². The normalized spacial score (nSPS) is 18.3. The lowest BCUT2D eigenvalue weighted by atomic mass is 10.1. The molecule has 1 aliphatic rings. The number of carbonyl (C=O) groups is 1. The van der Waals surface area contributed by atoms with Crippen molar-refractivity contribution < 1.29 is 4.79 Å². The third kappa shape index (κ3) is 6.23. The predicted octanol–water partition coefficient (Wildman–Crippen LogP) is 1.82. The molecule has 0 aliphatic carbocycles. The van der Waals surface area contributed by atoms with Gasteiger partial charge in [0.05, 0.1) is 6.54 Å². The summed E-state index contributed by atoms with van der Waals surface area (Å²) in [6, 6.07) is 0. The highest BCUT2D eigenvalue weighted by Gasteiger charge is 2.11. The van der Waals surface area contributed by atoms with Gasteiger partial charge in [-0.1, -0.05) is 26.2 Å². The second-order valence-corrected chi connectivity index (χ2v) is 4.73. The second-order valence-electron chi connectivity index (χ2n) is 4.73. The van der Waals surface area contributed by atoms with Gasteiger partial charge in [0.15, 0.2) is 0 Å². The Bertz CT molecular complexity index is 186. The molecule has 1 saturated heterocycles. The van der Waals surface area contributed by atoms with Crippen LogP contribution in [0.4, 0.5) is 0 Å². The van der Waals surface area contributed by atoms with Crippen LogP contribution in [0.15, 0.2) is 0 Å². The van der Waals surface area contributed by atoms with Gasteiger partial charge < -0.3 is 5.32 Å². The monoisotopic (exact) mass is 226 g/mol. The third-order valence-electron chi connectivity index (χ3n) is 3.14. The smallest absolute Gasteiger partial charge is 0.146 e. The minimum absolute atomic E-state index is 0.429. The molecule has 3 nitrogen and oxygen atoms in total. The lowest BCUT2D eigenvalue weighted by Gasteiger charge is -2.18. The predicted molar refractivity (Wildman–Crippen MR) is 67.7 cm³/mol. The van der Waals surface area contributed by atoms with Gasteiger partial charge in [-0.3, -0.25) is 9.69 Å². The van der Waals surface area contributed by atoms with Crippen molar-refractivity contribution in [1.82, 2.24) is 10.2 Å². The lowest BCUT2D eigenvalue weighted by Crippen LogP contribution is -2.33. The van der Waals surface area contributed by atoms with E-state index in [4.69, 9.17) is 0 Å². The molecular formula is C13H26N2O. The molecule has 0 aromatic heterocycles. The molecule has 0 bridgehead atoms. The van der Waals surface area contributed by atoms with Crippen molar-refractivity contribution >= 4 is 5.78 Å². The molecule has 1 fully saturated rings. The summed E-state index contributed by atoms with van der Waals surface area (Å²) in [6.45, 7) is 7.11. The summed E-state index contributed by atoms with van der Waals surface area (Å²) in [5, 5.41) is 3.36.